The van der Waals surface area contributed by atoms with E-state index in [0.29, 0.717) is 21.9 Å². The van der Waals surface area contributed by atoms with Gasteiger partial charge in [0.15, 0.2) is 0 Å². The molecule has 2 heterocycles. The van der Waals surface area contributed by atoms with Crippen molar-refractivity contribution >= 4 is 34.3 Å². The van der Waals surface area contributed by atoms with Crippen molar-refractivity contribution < 1.29 is 8.81 Å². The monoisotopic (exact) mass is 359 g/mol. The third-order valence-electron chi connectivity index (χ3n) is 3.59. The van der Waals surface area contributed by atoms with Crippen LogP contribution in [0.4, 0.5) is 4.39 Å². The van der Waals surface area contributed by atoms with Crippen LogP contribution in [0.15, 0.2) is 58.3 Å². The van der Waals surface area contributed by atoms with E-state index < -0.39 is 0 Å². The van der Waals surface area contributed by atoms with Crippen LogP contribution < -0.4 is 0 Å². The molecule has 120 valence electrons. The van der Waals surface area contributed by atoms with Crippen molar-refractivity contribution in [2.75, 3.05) is 0 Å². The van der Waals surface area contributed by atoms with Crippen molar-refractivity contribution in [3.8, 4) is 11.5 Å². The number of hydrogen-bond acceptors (Lipinski definition) is 4. The molecule has 2 aromatic carbocycles. The number of thioether (sulfide) groups is 1. The summed E-state index contributed by atoms with van der Waals surface area (Å²) in [4.78, 5) is 3.18. The predicted octanol–water partition coefficient (Wildman–Crippen LogP) is 5.30. The lowest BCUT2D eigenvalue weighted by molar-refractivity contribution is 0.466. The second-order valence-corrected chi connectivity index (χ2v) is 6.48. The molecule has 2 aromatic heterocycles. The van der Waals surface area contributed by atoms with E-state index in [0.717, 1.165) is 22.0 Å². The smallest absolute Gasteiger partial charge is 0.277 e. The van der Waals surface area contributed by atoms with E-state index in [2.05, 4.69) is 15.2 Å². The van der Waals surface area contributed by atoms with Crippen molar-refractivity contribution in [1.82, 2.24) is 15.2 Å². The SMILES string of the molecule is Fc1ccc(CSc2nnc(-c3c[nH]c4ccccc34)o2)c(Cl)c1. The largest absolute Gasteiger partial charge is 0.411 e. The van der Waals surface area contributed by atoms with Crippen LogP contribution in [0, 0.1) is 5.82 Å². The van der Waals surface area contributed by atoms with Gasteiger partial charge in [-0.15, -0.1) is 10.2 Å². The molecule has 0 aliphatic rings. The maximum absolute atomic E-state index is 13.1. The zero-order valence-corrected chi connectivity index (χ0v) is 13.9. The molecule has 0 spiro atoms. The van der Waals surface area contributed by atoms with Crippen molar-refractivity contribution in [3.63, 3.8) is 0 Å². The minimum Gasteiger partial charge on any atom is -0.411 e. The van der Waals surface area contributed by atoms with Crippen LogP contribution in [-0.2, 0) is 5.75 Å². The number of fused-ring (bicyclic) bond motifs is 1. The highest BCUT2D eigenvalue weighted by molar-refractivity contribution is 7.98. The Morgan fingerprint density at radius 3 is 2.92 bits per heavy atom. The number of hydrogen-bond donors (Lipinski definition) is 1. The molecule has 0 fully saturated rings. The van der Waals surface area contributed by atoms with Crippen molar-refractivity contribution in [2.24, 2.45) is 0 Å². The number of benzene rings is 2. The maximum atomic E-state index is 13.1. The molecule has 0 bridgehead atoms. The van der Waals surface area contributed by atoms with Crippen LogP contribution in [-0.4, -0.2) is 15.2 Å². The number of H-pyrrole nitrogens is 1. The maximum Gasteiger partial charge on any atom is 0.277 e. The first-order valence-electron chi connectivity index (χ1n) is 7.17. The summed E-state index contributed by atoms with van der Waals surface area (Å²) in [6.45, 7) is 0. The first-order valence-corrected chi connectivity index (χ1v) is 8.54. The first kappa shape index (κ1) is 15.2. The van der Waals surface area contributed by atoms with Crippen LogP contribution in [0.5, 0.6) is 0 Å². The Bertz CT molecular complexity index is 1010. The van der Waals surface area contributed by atoms with Gasteiger partial charge in [-0.2, -0.15) is 0 Å². The minimum atomic E-state index is -0.354. The fourth-order valence-electron chi connectivity index (χ4n) is 2.40. The molecule has 0 saturated heterocycles. The molecule has 0 amide bonds. The van der Waals surface area contributed by atoms with Gasteiger partial charge in [-0.3, -0.25) is 0 Å². The molecule has 24 heavy (non-hydrogen) atoms. The Labute approximate surface area is 146 Å². The van der Waals surface area contributed by atoms with Gasteiger partial charge >= 0.3 is 0 Å². The van der Waals surface area contributed by atoms with Crippen LogP contribution in [0.2, 0.25) is 5.02 Å². The molecular formula is C17H11ClFN3OS. The number of rotatable bonds is 4. The standard InChI is InChI=1S/C17H11ClFN3OS/c18-14-7-11(19)6-5-10(14)9-24-17-22-21-16(23-17)13-8-20-15-4-2-1-3-12(13)15/h1-8,20H,9H2. The molecule has 4 nitrogen and oxygen atoms in total. The second kappa shape index (κ2) is 6.30. The van der Waals surface area contributed by atoms with Gasteiger partial charge in [0.2, 0.25) is 0 Å². The fraction of sp³-hybridized carbons (Fsp3) is 0.0588. The van der Waals surface area contributed by atoms with E-state index in [1.807, 2.05) is 30.5 Å². The molecule has 0 unspecified atom stereocenters. The third kappa shape index (κ3) is 2.90. The Balaban J connectivity index is 1.55. The molecule has 1 N–H and O–H groups in total. The van der Waals surface area contributed by atoms with Gasteiger partial charge in [-0.05, 0) is 23.8 Å². The second-order valence-electron chi connectivity index (χ2n) is 5.15. The van der Waals surface area contributed by atoms with E-state index in [-0.39, 0.29) is 5.82 Å². The summed E-state index contributed by atoms with van der Waals surface area (Å²) in [6, 6.07) is 12.2. The summed E-state index contributed by atoms with van der Waals surface area (Å²) in [5.74, 6) is 0.627. The average Bonchev–Trinajstić information content (AvgIpc) is 3.20. The number of halogens is 2. The summed E-state index contributed by atoms with van der Waals surface area (Å²) in [5, 5.41) is 10.0. The van der Waals surface area contributed by atoms with E-state index in [4.69, 9.17) is 16.0 Å². The summed E-state index contributed by atoms with van der Waals surface area (Å²) in [5.41, 5.74) is 2.69. The van der Waals surface area contributed by atoms with Crippen LogP contribution in [0.3, 0.4) is 0 Å². The zero-order chi connectivity index (χ0) is 16.5. The van der Waals surface area contributed by atoms with Crippen molar-refractivity contribution in [2.45, 2.75) is 11.0 Å². The van der Waals surface area contributed by atoms with Crippen LogP contribution in [0.1, 0.15) is 5.56 Å². The van der Waals surface area contributed by atoms with Gasteiger partial charge in [-0.1, -0.05) is 47.6 Å². The molecule has 0 aliphatic heterocycles. The van der Waals surface area contributed by atoms with Gasteiger partial charge in [0, 0.05) is 27.9 Å². The molecular weight excluding hydrogens is 349 g/mol. The zero-order valence-electron chi connectivity index (χ0n) is 12.3. The predicted molar refractivity (Wildman–Crippen MR) is 92.6 cm³/mol. The van der Waals surface area contributed by atoms with Gasteiger partial charge in [-0.25, -0.2) is 4.39 Å². The third-order valence-corrected chi connectivity index (χ3v) is 4.81. The average molecular weight is 360 g/mol. The molecule has 4 rings (SSSR count). The van der Waals surface area contributed by atoms with Crippen molar-refractivity contribution in [1.29, 1.82) is 0 Å². The quantitative estimate of drug-likeness (QED) is 0.502. The van der Waals surface area contributed by atoms with E-state index >= 15 is 0 Å². The summed E-state index contributed by atoms with van der Waals surface area (Å²) >= 11 is 7.38. The molecule has 0 radical (unpaired) electrons. The van der Waals surface area contributed by atoms with E-state index in [1.165, 1.54) is 23.9 Å². The summed E-state index contributed by atoms with van der Waals surface area (Å²) in [6.07, 6.45) is 1.85. The molecule has 0 atom stereocenters. The van der Waals surface area contributed by atoms with Gasteiger partial charge in [0.05, 0.1) is 5.56 Å². The van der Waals surface area contributed by atoms with E-state index in [1.54, 1.807) is 6.07 Å². The summed E-state index contributed by atoms with van der Waals surface area (Å²) in [7, 11) is 0. The number of nitrogens with zero attached hydrogens (tertiary/aromatic N) is 2. The highest BCUT2D eigenvalue weighted by Gasteiger charge is 2.14. The van der Waals surface area contributed by atoms with Gasteiger partial charge in [0.25, 0.3) is 11.1 Å². The Kier molecular flexibility index (Phi) is 4.00. The molecule has 4 aromatic rings. The van der Waals surface area contributed by atoms with Gasteiger partial charge in [0.1, 0.15) is 5.82 Å². The highest BCUT2D eigenvalue weighted by Crippen LogP contribution is 2.31. The number of para-hydroxylation sites is 1. The van der Waals surface area contributed by atoms with Crippen molar-refractivity contribution in [3.05, 3.63) is 65.1 Å². The number of nitrogens with one attached hydrogen (secondary N) is 1. The Morgan fingerprint density at radius 1 is 1.17 bits per heavy atom. The minimum absolute atomic E-state index is 0.354. The first-order chi connectivity index (χ1) is 11.7. The van der Waals surface area contributed by atoms with Crippen LogP contribution in [0.25, 0.3) is 22.4 Å². The molecule has 0 saturated carbocycles. The normalized spacial score (nSPS) is 11.2. The Morgan fingerprint density at radius 2 is 2.04 bits per heavy atom. The topological polar surface area (TPSA) is 54.7 Å². The lowest BCUT2D eigenvalue weighted by Gasteiger charge is -2.01. The van der Waals surface area contributed by atoms with E-state index in [9.17, 15) is 4.39 Å². The summed E-state index contributed by atoms with van der Waals surface area (Å²) < 4.78 is 18.8. The molecule has 0 aliphatic carbocycles. The van der Waals surface area contributed by atoms with Gasteiger partial charge < -0.3 is 9.40 Å². The lowest BCUT2D eigenvalue weighted by atomic mass is 10.2. The number of aromatic amines is 1. The Hall–Kier alpha value is -2.31. The molecule has 7 heteroatoms. The fourth-order valence-corrected chi connectivity index (χ4v) is 3.48. The van der Waals surface area contributed by atoms with Crippen LogP contribution >= 0.6 is 23.4 Å². The lowest BCUT2D eigenvalue weighted by Crippen LogP contribution is -1.84. The number of aromatic nitrogens is 3. The highest BCUT2D eigenvalue weighted by atomic mass is 35.5.